The van der Waals surface area contributed by atoms with Gasteiger partial charge in [0.05, 0.1) is 30.3 Å². The van der Waals surface area contributed by atoms with Gasteiger partial charge in [0.25, 0.3) is 0 Å². The van der Waals surface area contributed by atoms with Crippen LogP contribution in [0.15, 0.2) is 18.6 Å². The summed E-state index contributed by atoms with van der Waals surface area (Å²) in [5.74, 6) is 0. The highest BCUT2D eigenvalue weighted by Gasteiger charge is 2.09. The van der Waals surface area contributed by atoms with Crippen LogP contribution < -0.4 is 5.73 Å². The summed E-state index contributed by atoms with van der Waals surface area (Å²) < 4.78 is 3.40. The lowest BCUT2D eigenvalue weighted by Crippen LogP contribution is -2.08. The van der Waals surface area contributed by atoms with E-state index in [0.29, 0.717) is 0 Å². The van der Waals surface area contributed by atoms with Crippen molar-refractivity contribution in [3.63, 3.8) is 0 Å². The van der Waals surface area contributed by atoms with Crippen molar-refractivity contribution in [1.82, 2.24) is 24.8 Å². The van der Waals surface area contributed by atoms with Crippen LogP contribution in [-0.2, 0) is 7.05 Å². The van der Waals surface area contributed by atoms with Crippen LogP contribution in [-0.4, -0.2) is 24.8 Å². The summed E-state index contributed by atoms with van der Waals surface area (Å²) >= 11 is 0. The molecule has 2 aromatic rings. The smallest absolute Gasteiger partial charge is 0.104 e. The Morgan fingerprint density at radius 2 is 2.27 bits per heavy atom. The fourth-order valence-corrected chi connectivity index (χ4v) is 1.31. The molecule has 0 aliphatic heterocycles. The molecule has 6 heteroatoms. The fraction of sp³-hybridized carbons (Fsp3) is 0.444. The Labute approximate surface area is 87.7 Å². The quantitative estimate of drug-likeness (QED) is 0.789. The third-order valence-electron chi connectivity index (χ3n) is 2.29. The molecule has 2 rings (SSSR count). The lowest BCUT2D eigenvalue weighted by Gasteiger charge is -2.01. The summed E-state index contributed by atoms with van der Waals surface area (Å²) in [4.78, 5) is 0. The van der Waals surface area contributed by atoms with Crippen LogP contribution in [0.2, 0.25) is 0 Å². The highest BCUT2D eigenvalue weighted by Crippen LogP contribution is 2.11. The minimum Gasteiger partial charge on any atom is -0.323 e. The molecule has 0 amide bonds. The van der Waals surface area contributed by atoms with Crippen LogP contribution >= 0.6 is 0 Å². The van der Waals surface area contributed by atoms with Crippen LogP contribution in [0.5, 0.6) is 0 Å². The molecule has 80 valence electrons. The maximum absolute atomic E-state index is 5.85. The molecule has 1 unspecified atom stereocenters. The van der Waals surface area contributed by atoms with Gasteiger partial charge < -0.3 is 5.73 Å². The molecule has 15 heavy (non-hydrogen) atoms. The summed E-state index contributed by atoms with van der Waals surface area (Å²) in [6.45, 7) is 2.02. The summed E-state index contributed by atoms with van der Waals surface area (Å²) in [6.07, 6.45) is 6.29. The normalized spacial score (nSPS) is 13.0. The molecule has 0 radical (unpaired) electrons. The molecule has 1 atom stereocenters. The second-order valence-corrected chi connectivity index (χ2v) is 3.47. The fourth-order valence-electron chi connectivity index (χ4n) is 1.31. The number of nitrogens with two attached hydrogens (primary N) is 1. The first-order valence-electron chi connectivity index (χ1n) is 4.87. The first-order chi connectivity index (χ1) is 7.20. The Bertz CT molecular complexity index is 443. The highest BCUT2D eigenvalue weighted by atomic mass is 15.4. The zero-order valence-corrected chi connectivity index (χ0v) is 8.83. The number of hydrogen-bond acceptors (Lipinski definition) is 4. The predicted octanol–water partition coefficient (Wildman–Crippen LogP) is 0.411. The van der Waals surface area contributed by atoms with Crippen molar-refractivity contribution < 1.29 is 0 Å². The zero-order chi connectivity index (χ0) is 10.8. The molecule has 0 fully saturated rings. The van der Waals surface area contributed by atoms with Crippen LogP contribution in [0, 0.1) is 0 Å². The molecule has 0 aliphatic rings. The van der Waals surface area contributed by atoms with Gasteiger partial charge in [0, 0.05) is 7.05 Å². The first kappa shape index (κ1) is 9.85. The third kappa shape index (κ3) is 1.89. The monoisotopic (exact) mass is 206 g/mol. The standard InChI is InChI=1S/C9H14N6/c1-3-8(10)9-6-15(13-12-9)7-4-11-14(2)5-7/h4-6,8H,3,10H2,1-2H3. The van der Waals surface area contributed by atoms with Gasteiger partial charge in [-0.05, 0) is 6.42 Å². The van der Waals surface area contributed by atoms with Crippen molar-refractivity contribution in [2.24, 2.45) is 12.8 Å². The van der Waals surface area contributed by atoms with Crippen LogP contribution in [0.3, 0.4) is 0 Å². The van der Waals surface area contributed by atoms with E-state index in [1.54, 1.807) is 15.6 Å². The second-order valence-electron chi connectivity index (χ2n) is 3.47. The number of hydrogen-bond donors (Lipinski definition) is 1. The van der Waals surface area contributed by atoms with Crippen molar-refractivity contribution in [2.45, 2.75) is 19.4 Å². The van der Waals surface area contributed by atoms with Crippen molar-refractivity contribution >= 4 is 0 Å². The Hall–Kier alpha value is -1.69. The van der Waals surface area contributed by atoms with Crippen LogP contribution in [0.1, 0.15) is 25.1 Å². The number of aryl methyl sites for hydroxylation is 1. The SMILES string of the molecule is CCC(N)c1cn(-c2cnn(C)c2)nn1. The van der Waals surface area contributed by atoms with Crippen molar-refractivity contribution in [1.29, 1.82) is 0 Å². The molecule has 0 spiro atoms. The lowest BCUT2D eigenvalue weighted by molar-refractivity contribution is 0.670. The van der Waals surface area contributed by atoms with E-state index in [1.165, 1.54) is 0 Å². The molecular formula is C9H14N6. The van der Waals surface area contributed by atoms with E-state index in [4.69, 9.17) is 5.73 Å². The van der Waals surface area contributed by atoms with E-state index < -0.39 is 0 Å². The van der Waals surface area contributed by atoms with E-state index in [9.17, 15) is 0 Å². The maximum atomic E-state index is 5.85. The molecular weight excluding hydrogens is 192 g/mol. The molecule has 2 aromatic heterocycles. The predicted molar refractivity (Wildman–Crippen MR) is 55.3 cm³/mol. The van der Waals surface area contributed by atoms with Gasteiger partial charge in [0.1, 0.15) is 5.69 Å². The summed E-state index contributed by atoms with van der Waals surface area (Å²) in [5.41, 5.74) is 7.55. The van der Waals surface area contributed by atoms with E-state index >= 15 is 0 Å². The van der Waals surface area contributed by atoms with Gasteiger partial charge in [-0.3, -0.25) is 4.68 Å². The summed E-state index contributed by atoms with van der Waals surface area (Å²) in [5, 5.41) is 12.1. The van der Waals surface area contributed by atoms with Crippen LogP contribution in [0.25, 0.3) is 5.69 Å². The maximum Gasteiger partial charge on any atom is 0.104 e. The number of nitrogens with zero attached hydrogens (tertiary/aromatic N) is 5. The van der Waals surface area contributed by atoms with E-state index in [-0.39, 0.29) is 6.04 Å². The van der Waals surface area contributed by atoms with Gasteiger partial charge in [-0.1, -0.05) is 12.1 Å². The molecule has 2 N–H and O–H groups in total. The summed E-state index contributed by atoms with van der Waals surface area (Å²) in [6, 6.07) is -0.0459. The zero-order valence-electron chi connectivity index (χ0n) is 8.83. The highest BCUT2D eigenvalue weighted by molar-refractivity contribution is 5.24. The van der Waals surface area contributed by atoms with E-state index in [2.05, 4.69) is 15.4 Å². The Morgan fingerprint density at radius 1 is 1.47 bits per heavy atom. The van der Waals surface area contributed by atoms with Crippen molar-refractivity contribution in [3.8, 4) is 5.69 Å². The molecule has 0 aliphatic carbocycles. The van der Waals surface area contributed by atoms with Gasteiger partial charge in [0.15, 0.2) is 0 Å². The Balaban J connectivity index is 2.27. The van der Waals surface area contributed by atoms with E-state index in [1.807, 2.05) is 26.4 Å². The molecule has 2 heterocycles. The topological polar surface area (TPSA) is 74.6 Å². The van der Waals surface area contributed by atoms with Crippen LogP contribution in [0.4, 0.5) is 0 Å². The molecule has 6 nitrogen and oxygen atoms in total. The molecule has 0 saturated heterocycles. The number of rotatable bonds is 3. The minimum atomic E-state index is -0.0459. The van der Waals surface area contributed by atoms with Crippen molar-refractivity contribution in [2.75, 3.05) is 0 Å². The third-order valence-corrected chi connectivity index (χ3v) is 2.29. The van der Waals surface area contributed by atoms with Gasteiger partial charge in [-0.15, -0.1) is 5.10 Å². The van der Waals surface area contributed by atoms with E-state index in [0.717, 1.165) is 17.8 Å². The minimum absolute atomic E-state index is 0.0459. The number of aromatic nitrogens is 5. The average molecular weight is 206 g/mol. The lowest BCUT2D eigenvalue weighted by atomic mass is 10.2. The molecule has 0 aromatic carbocycles. The molecule has 0 saturated carbocycles. The first-order valence-corrected chi connectivity index (χ1v) is 4.87. The van der Waals surface area contributed by atoms with Gasteiger partial charge in [-0.25, -0.2) is 4.68 Å². The largest absolute Gasteiger partial charge is 0.323 e. The second kappa shape index (κ2) is 3.82. The summed E-state index contributed by atoms with van der Waals surface area (Å²) in [7, 11) is 1.86. The Kier molecular flexibility index (Phi) is 2.51. The molecule has 0 bridgehead atoms. The van der Waals surface area contributed by atoms with Gasteiger partial charge >= 0.3 is 0 Å². The van der Waals surface area contributed by atoms with Gasteiger partial charge in [-0.2, -0.15) is 5.10 Å². The Morgan fingerprint density at radius 3 is 2.87 bits per heavy atom. The van der Waals surface area contributed by atoms with Crippen molar-refractivity contribution in [3.05, 3.63) is 24.3 Å². The average Bonchev–Trinajstić information content (AvgIpc) is 2.84. The van der Waals surface area contributed by atoms with Gasteiger partial charge in [0.2, 0.25) is 0 Å².